The normalized spacial score (nSPS) is 12.3. The van der Waals surface area contributed by atoms with Crippen molar-refractivity contribution in [1.29, 1.82) is 0 Å². The minimum absolute atomic E-state index is 0.0723. The van der Waals surface area contributed by atoms with E-state index in [0.717, 1.165) is 5.56 Å². The van der Waals surface area contributed by atoms with Gasteiger partial charge in [-0.2, -0.15) is 0 Å². The molecule has 2 rings (SSSR count). The molecule has 1 atom stereocenters. The van der Waals surface area contributed by atoms with Crippen LogP contribution < -0.4 is 10.5 Å². The number of carbonyl (C=O) groups excluding carboxylic acids is 2. The second-order valence-corrected chi connectivity index (χ2v) is 7.30. The number of benzene rings is 2. The molecule has 2 aromatic carbocycles. The fourth-order valence-corrected chi connectivity index (χ4v) is 2.67. The zero-order chi connectivity index (χ0) is 20.0. The van der Waals surface area contributed by atoms with Gasteiger partial charge in [0.2, 0.25) is 10.0 Å². The molecule has 27 heavy (non-hydrogen) atoms. The summed E-state index contributed by atoms with van der Waals surface area (Å²) in [7, 11) is -2.23. The van der Waals surface area contributed by atoms with E-state index < -0.39 is 28.0 Å². The minimum Gasteiger partial charge on any atom is -0.449 e. The first-order valence-corrected chi connectivity index (χ1v) is 9.48. The molecule has 3 N–H and O–H groups in total. The molecule has 0 aromatic heterocycles. The maximum atomic E-state index is 12.2. The van der Waals surface area contributed by atoms with Crippen molar-refractivity contribution in [2.75, 3.05) is 12.4 Å². The second kappa shape index (κ2) is 8.76. The third kappa shape index (κ3) is 5.88. The van der Waals surface area contributed by atoms with Gasteiger partial charge < -0.3 is 14.8 Å². The quantitative estimate of drug-likeness (QED) is 0.691. The zero-order valence-corrected chi connectivity index (χ0v) is 15.7. The Hall–Kier alpha value is -2.75. The van der Waals surface area contributed by atoms with Gasteiger partial charge in [-0.3, -0.25) is 4.79 Å². The van der Waals surface area contributed by atoms with Crippen molar-refractivity contribution in [3.63, 3.8) is 0 Å². The number of methoxy groups -OCH3 is 1. The number of sulfonamides is 1. The van der Waals surface area contributed by atoms with Crippen molar-refractivity contribution in [2.24, 2.45) is 5.14 Å². The summed E-state index contributed by atoms with van der Waals surface area (Å²) in [5.74, 6) is -1.19. The molecule has 9 heteroatoms. The number of carbonyl (C=O) groups is 2. The van der Waals surface area contributed by atoms with Crippen LogP contribution >= 0.6 is 0 Å². The van der Waals surface area contributed by atoms with E-state index in [1.54, 1.807) is 31.4 Å². The number of rotatable bonds is 7. The summed E-state index contributed by atoms with van der Waals surface area (Å²) in [6, 6.07) is 12.0. The third-order valence-corrected chi connectivity index (χ3v) is 4.53. The first kappa shape index (κ1) is 20.6. The van der Waals surface area contributed by atoms with E-state index in [4.69, 9.17) is 14.6 Å². The van der Waals surface area contributed by atoms with E-state index >= 15 is 0 Å². The topological polar surface area (TPSA) is 125 Å². The van der Waals surface area contributed by atoms with Gasteiger partial charge in [-0.15, -0.1) is 0 Å². The van der Waals surface area contributed by atoms with Gasteiger partial charge in [0.15, 0.2) is 6.10 Å². The number of esters is 1. The molecule has 0 bridgehead atoms. The first-order chi connectivity index (χ1) is 12.7. The predicted molar refractivity (Wildman–Crippen MR) is 98.5 cm³/mol. The molecule has 0 heterocycles. The highest BCUT2D eigenvalue weighted by molar-refractivity contribution is 7.89. The Morgan fingerprint density at radius 3 is 2.19 bits per heavy atom. The highest BCUT2D eigenvalue weighted by Crippen LogP contribution is 2.14. The molecule has 0 saturated heterocycles. The Morgan fingerprint density at radius 2 is 1.67 bits per heavy atom. The zero-order valence-electron chi connectivity index (χ0n) is 14.8. The molecule has 0 unspecified atom stereocenters. The second-order valence-electron chi connectivity index (χ2n) is 5.74. The van der Waals surface area contributed by atoms with Gasteiger partial charge in [-0.25, -0.2) is 18.4 Å². The van der Waals surface area contributed by atoms with Crippen LogP contribution in [0.3, 0.4) is 0 Å². The van der Waals surface area contributed by atoms with Gasteiger partial charge in [-0.1, -0.05) is 12.1 Å². The van der Waals surface area contributed by atoms with Crippen molar-refractivity contribution in [2.45, 2.75) is 24.5 Å². The molecular formula is C18H20N2O6S. The van der Waals surface area contributed by atoms with Gasteiger partial charge in [0, 0.05) is 12.8 Å². The maximum absolute atomic E-state index is 12.2. The summed E-state index contributed by atoms with van der Waals surface area (Å²) in [6.45, 7) is 1.86. The van der Waals surface area contributed by atoms with Crippen LogP contribution in [0.15, 0.2) is 53.4 Å². The van der Waals surface area contributed by atoms with Crippen molar-refractivity contribution in [1.82, 2.24) is 0 Å². The number of nitrogens with two attached hydrogens (primary N) is 1. The minimum atomic E-state index is -3.81. The number of hydrogen-bond acceptors (Lipinski definition) is 6. The highest BCUT2D eigenvalue weighted by atomic mass is 32.2. The van der Waals surface area contributed by atoms with E-state index in [1.807, 2.05) is 0 Å². The van der Waals surface area contributed by atoms with Crippen LogP contribution in [0.5, 0.6) is 0 Å². The summed E-state index contributed by atoms with van der Waals surface area (Å²) in [4.78, 5) is 24.2. The number of hydrogen-bond donors (Lipinski definition) is 2. The SMILES string of the molecule is COCc1ccc(C(=O)O[C@H](C)C(=O)Nc2ccc(S(N)(=O)=O)cc2)cc1. The lowest BCUT2D eigenvalue weighted by atomic mass is 10.1. The Kier molecular flexibility index (Phi) is 6.67. The van der Waals surface area contributed by atoms with Crippen molar-refractivity contribution in [3.05, 3.63) is 59.7 Å². The molecule has 0 fully saturated rings. The fraction of sp³-hybridized carbons (Fsp3) is 0.222. The van der Waals surface area contributed by atoms with E-state index in [2.05, 4.69) is 5.32 Å². The van der Waals surface area contributed by atoms with Gasteiger partial charge in [0.25, 0.3) is 5.91 Å². The molecule has 2 aromatic rings. The lowest BCUT2D eigenvalue weighted by Gasteiger charge is -2.14. The van der Waals surface area contributed by atoms with Crippen molar-refractivity contribution in [3.8, 4) is 0 Å². The summed E-state index contributed by atoms with van der Waals surface area (Å²) < 4.78 is 32.6. The largest absolute Gasteiger partial charge is 0.449 e. The Labute approximate surface area is 157 Å². The standard InChI is InChI=1S/C18H20N2O6S/c1-12(26-18(22)14-5-3-13(4-6-14)11-25-2)17(21)20-15-7-9-16(10-8-15)27(19,23)24/h3-10,12H,11H2,1-2H3,(H,20,21)(H2,19,23,24)/t12-/m1/s1. The average Bonchev–Trinajstić information content (AvgIpc) is 2.62. The van der Waals surface area contributed by atoms with Gasteiger partial charge >= 0.3 is 5.97 Å². The third-order valence-electron chi connectivity index (χ3n) is 3.60. The van der Waals surface area contributed by atoms with Crippen LogP contribution in [0.25, 0.3) is 0 Å². The molecule has 0 aliphatic carbocycles. The van der Waals surface area contributed by atoms with Crippen LogP contribution in [0, 0.1) is 0 Å². The lowest BCUT2D eigenvalue weighted by molar-refractivity contribution is -0.123. The highest BCUT2D eigenvalue weighted by Gasteiger charge is 2.19. The molecule has 0 saturated carbocycles. The number of nitrogens with one attached hydrogen (secondary N) is 1. The summed E-state index contributed by atoms with van der Waals surface area (Å²) >= 11 is 0. The molecule has 0 radical (unpaired) electrons. The molecule has 8 nitrogen and oxygen atoms in total. The van der Waals surface area contributed by atoms with E-state index in [0.29, 0.717) is 17.9 Å². The Bertz CT molecular complexity index is 908. The molecule has 0 spiro atoms. The van der Waals surface area contributed by atoms with Crippen LogP contribution in [-0.2, 0) is 30.9 Å². The lowest BCUT2D eigenvalue weighted by Crippen LogP contribution is -2.30. The summed E-state index contributed by atoms with van der Waals surface area (Å²) in [5, 5.41) is 7.55. The molecule has 0 aliphatic rings. The molecule has 0 aliphatic heterocycles. The molecular weight excluding hydrogens is 372 g/mol. The number of anilines is 1. The van der Waals surface area contributed by atoms with Crippen LogP contribution in [-0.4, -0.2) is 33.5 Å². The van der Waals surface area contributed by atoms with Gasteiger partial charge in [0.1, 0.15) is 0 Å². The number of ether oxygens (including phenoxy) is 2. The van der Waals surface area contributed by atoms with Gasteiger partial charge in [0.05, 0.1) is 17.1 Å². The van der Waals surface area contributed by atoms with Crippen LogP contribution in [0.4, 0.5) is 5.69 Å². The Balaban J connectivity index is 1.95. The van der Waals surface area contributed by atoms with Crippen molar-refractivity contribution < 1.29 is 27.5 Å². The van der Waals surface area contributed by atoms with Crippen LogP contribution in [0.1, 0.15) is 22.8 Å². The van der Waals surface area contributed by atoms with Crippen molar-refractivity contribution >= 4 is 27.6 Å². The Morgan fingerprint density at radius 1 is 1.07 bits per heavy atom. The predicted octanol–water partition coefficient (Wildman–Crippen LogP) is 1.66. The first-order valence-electron chi connectivity index (χ1n) is 7.93. The fourth-order valence-electron chi connectivity index (χ4n) is 2.16. The van der Waals surface area contributed by atoms with Crippen LogP contribution in [0.2, 0.25) is 0 Å². The van der Waals surface area contributed by atoms with E-state index in [-0.39, 0.29) is 4.90 Å². The average molecular weight is 392 g/mol. The molecule has 144 valence electrons. The molecule has 1 amide bonds. The van der Waals surface area contributed by atoms with Gasteiger partial charge in [-0.05, 0) is 48.9 Å². The summed E-state index contributed by atoms with van der Waals surface area (Å²) in [6.07, 6.45) is -1.05. The number of amides is 1. The van der Waals surface area contributed by atoms with E-state index in [9.17, 15) is 18.0 Å². The smallest absolute Gasteiger partial charge is 0.338 e. The van der Waals surface area contributed by atoms with E-state index in [1.165, 1.54) is 31.2 Å². The monoisotopic (exact) mass is 392 g/mol. The maximum Gasteiger partial charge on any atom is 0.338 e. The number of primary sulfonamides is 1. The summed E-state index contributed by atoms with van der Waals surface area (Å²) in [5.41, 5.74) is 1.56.